The van der Waals surface area contributed by atoms with Gasteiger partial charge >= 0.3 is 0 Å². The zero-order chi connectivity index (χ0) is 13.7. The number of hydrogen-bond acceptors (Lipinski definition) is 1. The van der Waals surface area contributed by atoms with E-state index < -0.39 is 15.3 Å². The monoisotopic (exact) mass is 314 g/mol. The highest BCUT2D eigenvalue weighted by Crippen LogP contribution is 2.36. The summed E-state index contributed by atoms with van der Waals surface area (Å²) in [6, 6.07) is 3.91. The molecule has 0 N–H and O–H groups in total. The lowest BCUT2D eigenvalue weighted by Crippen LogP contribution is -2.45. The second-order valence-electron chi connectivity index (χ2n) is 5.77. The Morgan fingerprint density at radius 2 is 1.12 bits per heavy atom. The molecule has 0 saturated carbocycles. The van der Waals surface area contributed by atoms with Crippen molar-refractivity contribution >= 4 is 37.4 Å². The van der Waals surface area contributed by atoms with E-state index in [1.165, 1.54) is 0 Å². The van der Waals surface area contributed by atoms with Crippen LogP contribution < -0.4 is 0 Å². The lowest BCUT2D eigenvalue weighted by molar-refractivity contribution is 0.519. The zero-order valence-electron chi connectivity index (χ0n) is 12.1. The van der Waals surface area contributed by atoms with E-state index in [1.807, 2.05) is 0 Å². The fourth-order valence-electron chi connectivity index (χ4n) is 2.06. The second-order valence-corrected chi connectivity index (χ2v) is 16.5. The fraction of sp³-hybridized carbons (Fsp3) is 1.00. The highest BCUT2D eigenvalue weighted by molar-refractivity contribution is 7.26. The molecule has 0 heterocycles. The van der Waals surface area contributed by atoms with Crippen LogP contribution in [0.1, 0.15) is 41.5 Å². The van der Waals surface area contributed by atoms with E-state index in [2.05, 4.69) is 41.5 Å². The summed E-state index contributed by atoms with van der Waals surface area (Å²) in [6.07, 6.45) is 0. The van der Waals surface area contributed by atoms with Gasteiger partial charge in [0.05, 0.1) is 0 Å². The van der Waals surface area contributed by atoms with Crippen molar-refractivity contribution in [3.63, 3.8) is 0 Å². The lowest BCUT2D eigenvalue weighted by atomic mass is 10.3. The Hall–Kier alpha value is 0.974. The van der Waals surface area contributed by atoms with E-state index in [1.54, 1.807) is 0 Å². The molecule has 0 aliphatic rings. The maximum atomic E-state index is 6.73. The maximum Gasteiger partial charge on any atom is 0.280 e. The molecule has 0 aromatic heterocycles. The van der Waals surface area contributed by atoms with Crippen molar-refractivity contribution in [2.24, 2.45) is 11.8 Å². The Labute approximate surface area is 119 Å². The Kier molecular flexibility index (Phi) is 7.97. The Morgan fingerprint density at radius 1 is 0.824 bits per heavy atom. The number of rotatable bonds is 8. The van der Waals surface area contributed by atoms with Crippen molar-refractivity contribution < 1.29 is 4.12 Å². The van der Waals surface area contributed by atoms with Crippen molar-refractivity contribution in [3.8, 4) is 0 Å². The minimum Gasteiger partial charge on any atom is -0.433 e. The third-order valence-corrected chi connectivity index (χ3v) is 14.7. The molecule has 0 aliphatic carbocycles. The molecule has 0 aromatic rings. The lowest BCUT2D eigenvalue weighted by Gasteiger charge is -2.35. The minimum atomic E-state index is -2.11. The van der Waals surface area contributed by atoms with Crippen molar-refractivity contribution in [2.45, 2.75) is 65.7 Å². The average Bonchev–Trinajstić information content (AvgIpc) is 2.15. The zero-order valence-corrected chi connectivity index (χ0v) is 15.7. The van der Waals surface area contributed by atoms with E-state index >= 15 is 0 Å². The van der Waals surface area contributed by atoms with Gasteiger partial charge in [-0.05, 0) is 36.0 Å². The Morgan fingerprint density at radius 3 is 1.29 bits per heavy atom. The van der Waals surface area contributed by atoms with Crippen molar-refractivity contribution in [2.75, 3.05) is 0 Å². The van der Waals surface area contributed by atoms with Crippen LogP contribution in [0.2, 0.25) is 24.2 Å². The van der Waals surface area contributed by atoms with Crippen LogP contribution in [-0.4, -0.2) is 15.3 Å². The highest BCUT2D eigenvalue weighted by Gasteiger charge is 2.42. The van der Waals surface area contributed by atoms with Gasteiger partial charge in [0.15, 0.2) is 0 Å². The first kappa shape index (κ1) is 18.0. The van der Waals surface area contributed by atoms with Crippen molar-refractivity contribution in [3.05, 3.63) is 0 Å². The molecule has 0 aliphatic heterocycles. The topological polar surface area (TPSA) is 9.23 Å². The summed E-state index contributed by atoms with van der Waals surface area (Å²) in [5.41, 5.74) is 0. The van der Waals surface area contributed by atoms with Crippen LogP contribution in [0.4, 0.5) is 0 Å². The van der Waals surface area contributed by atoms with Crippen LogP contribution in [0, 0.1) is 11.8 Å². The van der Waals surface area contributed by atoms with Gasteiger partial charge in [0.1, 0.15) is 0 Å². The SMILES string of the molecule is CC[Si](Cl)(CC(C)C)O[Si](Cl)(CC)CC(C)C. The normalized spacial score (nSPS) is 19.4. The van der Waals surface area contributed by atoms with Gasteiger partial charge in [0, 0.05) is 0 Å². The molecule has 0 bridgehead atoms. The summed E-state index contributed by atoms with van der Waals surface area (Å²) >= 11 is 13.5. The summed E-state index contributed by atoms with van der Waals surface area (Å²) in [5.74, 6) is 1.18. The summed E-state index contributed by atoms with van der Waals surface area (Å²) in [6.45, 7) is 13.1. The molecule has 2 atom stereocenters. The van der Waals surface area contributed by atoms with Crippen LogP contribution in [0.5, 0.6) is 0 Å². The molecule has 17 heavy (non-hydrogen) atoms. The summed E-state index contributed by atoms with van der Waals surface area (Å²) < 4.78 is 6.35. The summed E-state index contributed by atoms with van der Waals surface area (Å²) in [7, 11) is -4.22. The minimum absolute atomic E-state index is 0.588. The van der Waals surface area contributed by atoms with E-state index in [9.17, 15) is 0 Å². The molecule has 0 saturated heterocycles. The molecule has 0 amide bonds. The van der Waals surface area contributed by atoms with Gasteiger partial charge in [0.25, 0.3) is 15.3 Å². The van der Waals surface area contributed by atoms with Gasteiger partial charge in [-0.3, -0.25) is 0 Å². The van der Waals surface area contributed by atoms with Gasteiger partial charge < -0.3 is 4.12 Å². The van der Waals surface area contributed by atoms with E-state index in [0.717, 1.165) is 24.2 Å². The molecule has 5 heteroatoms. The highest BCUT2D eigenvalue weighted by atomic mass is 35.6. The molecule has 0 fully saturated rings. The standard InChI is InChI=1S/C12H28Cl2OSi2/c1-7-16(13,9-11(3)4)15-17(14,8-2)10-12(5)6/h11-12H,7-10H2,1-6H3. The van der Waals surface area contributed by atoms with Crippen LogP contribution in [0.3, 0.4) is 0 Å². The van der Waals surface area contributed by atoms with Gasteiger partial charge in [-0.25, -0.2) is 0 Å². The molecule has 1 nitrogen and oxygen atoms in total. The summed E-state index contributed by atoms with van der Waals surface area (Å²) in [4.78, 5) is 0. The van der Waals surface area contributed by atoms with Gasteiger partial charge in [-0.1, -0.05) is 41.5 Å². The van der Waals surface area contributed by atoms with Gasteiger partial charge in [-0.15, -0.1) is 22.2 Å². The molecular weight excluding hydrogens is 287 g/mol. The fourth-order valence-corrected chi connectivity index (χ4v) is 14.4. The molecule has 0 radical (unpaired) electrons. The van der Waals surface area contributed by atoms with Crippen LogP contribution in [-0.2, 0) is 4.12 Å². The number of halogens is 2. The van der Waals surface area contributed by atoms with E-state index in [-0.39, 0.29) is 0 Å². The molecule has 2 unspecified atom stereocenters. The first-order chi connectivity index (χ1) is 7.66. The largest absolute Gasteiger partial charge is 0.433 e. The van der Waals surface area contributed by atoms with Gasteiger partial charge in [-0.2, -0.15) is 0 Å². The Balaban J connectivity index is 4.70. The van der Waals surface area contributed by atoms with Crippen LogP contribution >= 0.6 is 22.2 Å². The third-order valence-electron chi connectivity index (χ3n) is 2.85. The predicted octanol–water partition coefficient (Wildman–Crippen LogP) is 5.72. The van der Waals surface area contributed by atoms with E-state index in [0.29, 0.717) is 11.8 Å². The molecule has 0 spiro atoms. The third kappa shape index (κ3) is 7.21. The van der Waals surface area contributed by atoms with Crippen molar-refractivity contribution in [1.29, 1.82) is 0 Å². The number of hydrogen-bond donors (Lipinski definition) is 0. The van der Waals surface area contributed by atoms with Gasteiger partial charge in [0.2, 0.25) is 0 Å². The Bertz CT molecular complexity index is 205. The molecule has 104 valence electrons. The molecular formula is C12H28Cl2OSi2. The van der Waals surface area contributed by atoms with Crippen LogP contribution in [0.15, 0.2) is 0 Å². The second kappa shape index (κ2) is 7.54. The van der Waals surface area contributed by atoms with Crippen molar-refractivity contribution in [1.82, 2.24) is 0 Å². The first-order valence-corrected chi connectivity index (χ1v) is 13.4. The smallest absolute Gasteiger partial charge is 0.280 e. The predicted molar refractivity (Wildman–Crippen MR) is 84.6 cm³/mol. The van der Waals surface area contributed by atoms with E-state index in [4.69, 9.17) is 26.3 Å². The summed E-state index contributed by atoms with van der Waals surface area (Å²) in [5, 5.41) is 0. The first-order valence-electron chi connectivity index (χ1n) is 6.74. The molecule has 0 aromatic carbocycles. The average molecular weight is 315 g/mol. The molecule has 0 rings (SSSR count). The quantitative estimate of drug-likeness (QED) is 0.411. The maximum absolute atomic E-state index is 6.73. The van der Waals surface area contributed by atoms with Crippen LogP contribution in [0.25, 0.3) is 0 Å².